The van der Waals surface area contributed by atoms with Gasteiger partial charge in [-0.25, -0.2) is 4.99 Å². The van der Waals surface area contributed by atoms with E-state index in [4.69, 9.17) is 9.47 Å². The Morgan fingerprint density at radius 3 is 2.23 bits per heavy atom. The molecule has 0 bridgehead atoms. The Labute approximate surface area is 79.7 Å². The lowest BCUT2D eigenvalue weighted by Gasteiger charge is -2.02. The predicted molar refractivity (Wildman–Crippen MR) is 54.3 cm³/mol. The van der Waals surface area contributed by atoms with E-state index in [0.717, 1.165) is 0 Å². The Morgan fingerprint density at radius 2 is 1.85 bits per heavy atom. The van der Waals surface area contributed by atoms with E-state index >= 15 is 0 Å². The van der Waals surface area contributed by atoms with E-state index in [2.05, 4.69) is 23.8 Å². The van der Waals surface area contributed by atoms with Crippen molar-refractivity contribution in [3.63, 3.8) is 0 Å². The number of nitrogens with zero attached hydrogens (tertiary/aromatic N) is 2. The first-order chi connectivity index (χ1) is 6.10. The van der Waals surface area contributed by atoms with Crippen LogP contribution >= 0.6 is 0 Å². The summed E-state index contributed by atoms with van der Waals surface area (Å²) in [5.74, 6) is 1.05. The summed E-state index contributed by atoms with van der Waals surface area (Å²) in [5.41, 5.74) is 0. The number of amidine groups is 1. The normalized spacial score (nSPS) is 13.4. The fourth-order valence-electron chi connectivity index (χ4n) is 0.587. The zero-order chi connectivity index (χ0) is 10.3. The second-order valence-corrected chi connectivity index (χ2v) is 3.06. The number of hydrogen-bond donors (Lipinski definition) is 0. The second kappa shape index (κ2) is 6.46. The lowest BCUT2D eigenvalue weighted by molar-refractivity contribution is 0.378. The molecule has 0 radical (unpaired) electrons. The molecule has 0 aromatic heterocycles. The summed E-state index contributed by atoms with van der Waals surface area (Å²) in [6.07, 6.45) is 0. The summed E-state index contributed by atoms with van der Waals surface area (Å²) in [4.78, 5) is 8.16. The van der Waals surface area contributed by atoms with Gasteiger partial charge in [-0.05, 0) is 5.92 Å². The molecular formula is C9H18N2O2. The molecule has 0 rings (SSSR count). The third-order valence-electron chi connectivity index (χ3n) is 1.32. The monoisotopic (exact) mass is 186 g/mol. The van der Waals surface area contributed by atoms with Crippen molar-refractivity contribution < 1.29 is 9.47 Å². The quantitative estimate of drug-likeness (QED) is 0.486. The highest BCUT2D eigenvalue weighted by Crippen LogP contribution is 1.94. The molecule has 0 atom stereocenters. The van der Waals surface area contributed by atoms with Gasteiger partial charge in [0.15, 0.2) is 5.90 Å². The molecule has 0 fully saturated rings. The highest BCUT2D eigenvalue weighted by Gasteiger charge is 1.98. The van der Waals surface area contributed by atoms with Crippen LogP contribution in [0.4, 0.5) is 0 Å². The first-order valence-electron chi connectivity index (χ1n) is 4.27. The van der Waals surface area contributed by atoms with Crippen molar-refractivity contribution in [2.45, 2.75) is 20.8 Å². The average molecular weight is 186 g/mol. The SMILES string of the molecule is COC(C)=NC(=NCC(C)C)OC. The Bertz CT molecular complexity index is 198. The Morgan fingerprint density at radius 1 is 1.23 bits per heavy atom. The molecule has 0 aromatic rings. The number of methoxy groups -OCH3 is 2. The summed E-state index contributed by atoms with van der Waals surface area (Å²) in [6.45, 7) is 6.64. The van der Waals surface area contributed by atoms with Crippen LogP contribution < -0.4 is 0 Å². The van der Waals surface area contributed by atoms with Crippen LogP contribution in [0.3, 0.4) is 0 Å². The van der Waals surface area contributed by atoms with E-state index in [1.807, 2.05) is 0 Å². The second-order valence-electron chi connectivity index (χ2n) is 3.06. The van der Waals surface area contributed by atoms with Crippen molar-refractivity contribution >= 4 is 11.9 Å². The molecule has 0 N–H and O–H groups in total. The average Bonchev–Trinajstić information content (AvgIpc) is 2.11. The van der Waals surface area contributed by atoms with E-state index < -0.39 is 0 Å². The van der Waals surface area contributed by atoms with Gasteiger partial charge in [0.2, 0.25) is 0 Å². The third-order valence-corrected chi connectivity index (χ3v) is 1.32. The zero-order valence-corrected chi connectivity index (χ0v) is 9.00. The minimum absolute atomic E-state index is 0.369. The summed E-state index contributed by atoms with van der Waals surface area (Å²) >= 11 is 0. The van der Waals surface area contributed by atoms with Gasteiger partial charge in [-0.15, -0.1) is 0 Å². The van der Waals surface area contributed by atoms with Crippen molar-refractivity contribution in [1.29, 1.82) is 0 Å². The molecular weight excluding hydrogens is 168 g/mol. The molecule has 0 unspecified atom stereocenters. The molecule has 0 amide bonds. The van der Waals surface area contributed by atoms with Gasteiger partial charge < -0.3 is 9.47 Å². The third kappa shape index (κ3) is 6.13. The summed E-state index contributed by atoms with van der Waals surface area (Å²) < 4.78 is 9.83. The van der Waals surface area contributed by atoms with Crippen LogP contribution in [0, 0.1) is 5.92 Å². The van der Waals surface area contributed by atoms with Crippen molar-refractivity contribution in [2.24, 2.45) is 15.9 Å². The highest BCUT2D eigenvalue weighted by atomic mass is 16.5. The molecule has 0 aliphatic carbocycles. The van der Waals surface area contributed by atoms with Gasteiger partial charge in [-0.1, -0.05) is 13.8 Å². The maximum absolute atomic E-state index is 4.96. The van der Waals surface area contributed by atoms with Crippen LogP contribution in [0.25, 0.3) is 0 Å². The maximum atomic E-state index is 4.96. The summed E-state index contributed by atoms with van der Waals surface area (Å²) in [7, 11) is 3.11. The molecule has 76 valence electrons. The van der Waals surface area contributed by atoms with Gasteiger partial charge in [0.1, 0.15) is 0 Å². The predicted octanol–water partition coefficient (Wildman–Crippen LogP) is 1.71. The van der Waals surface area contributed by atoms with Crippen LogP contribution in [-0.4, -0.2) is 32.7 Å². The van der Waals surface area contributed by atoms with Gasteiger partial charge in [-0.2, -0.15) is 4.99 Å². The molecule has 0 spiro atoms. The summed E-state index contributed by atoms with van der Waals surface area (Å²) in [5, 5.41) is 0. The Kier molecular flexibility index (Phi) is 5.93. The number of hydrogen-bond acceptors (Lipinski definition) is 3. The standard InChI is InChI=1S/C9H18N2O2/c1-7(2)6-10-9(13-5)11-8(3)12-4/h7H,6H2,1-5H3. The number of rotatable bonds is 2. The maximum Gasteiger partial charge on any atom is 0.314 e. The molecule has 0 saturated carbocycles. The van der Waals surface area contributed by atoms with Crippen molar-refractivity contribution in [1.82, 2.24) is 0 Å². The van der Waals surface area contributed by atoms with E-state index in [9.17, 15) is 0 Å². The lowest BCUT2D eigenvalue weighted by atomic mass is 10.2. The topological polar surface area (TPSA) is 43.2 Å². The Balaban J connectivity index is 4.24. The molecule has 4 nitrogen and oxygen atoms in total. The van der Waals surface area contributed by atoms with Crippen LogP contribution in [-0.2, 0) is 9.47 Å². The van der Waals surface area contributed by atoms with Gasteiger partial charge in [0.25, 0.3) is 0 Å². The van der Waals surface area contributed by atoms with E-state index in [-0.39, 0.29) is 0 Å². The minimum atomic E-state index is 0.369. The van der Waals surface area contributed by atoms with E-state index in [1.165, 1.54) is 0 Å². The first kappa shape index (κ1) is 11.9. The van der Waals surface area contributed by atoms with Crippen LogP contribution in [0.15, 0.2) is 9.98 Å². The Hall–Kier alpha value is -1.06. The lowest BCUT2D eigenvalue weighted by Crippen LogP contribution is -2.06. The number of ether oxygens (including phenoxy) is 2. The van der Waals surface area contributed by atoms with Crippen LogP contribution in [0.2, 0.25) is 0 Å². The van der Waals surface area contributed by atoms with Crippen LogP contribution in [0.5, 0.6) is 0 Å². The van der Waals surface area contributed by atoms with Gasteiger partial charge in [0.05, 0.1) is 14.2 Å². The van der Waals surface area contributed by atoms with E-state index in [1.54, 1.807) is 21.1 Å². The van der Waals surface area contributed by atoms with Crippen molar-refractivity contribution in [2.75, 3.05) is 20.8 Å². The van der Waals surface area contributed by atoms with Crippen LogP contribution in [0.1, 0.15) is 20.8 Å². The van der Waals surface area contributed by atoms with Gasteiger partial charge in [0, 0.05) is 13.5 Å². The largest absolute Gasteiger partial charge is 0.484 e. The van der Waals surface area contributed by atoms with Gasteiger partial charge in [-0.3, -0.25) is 0 Å². The molecule has 0 saturated heterocycles. The molecule has 0 aromatic carbocycles. The first-order valence-corrected chi connectivity index (χ1v) is 4.27. The fraction of sp³-hybridized carbons (Fsp3) is 0.778. The molecule has 13 heavy (non-hydrogen) atoms. The number of aliphatic imine (C=N–C) groups is 2. The van der Waals surface area contributed by atoms with E-state index in [0.29, 0.717) is 24.4 Å². The highest BCUT2D eigenvalue weighted by molar-refractivity contribution is 5.88. The molecule has 4 heteroatoms. The van der Waals surface area contributed by atoms with Crippen molar-refractivity contribution in [3.05, 3.63) is 0 Å². The van der Waals surface area contributed by atoms with Gasteiger partial charge >= 0.3 is 6.02 Å². The molecule has 0 aliphatic rings. The zero-order valence-electron chi connectivity index (χ0n) is 9.00. The smallest absolute Gasteiger partial charge is 0.314 e. The minimum Gasteiger partial charge on any atom is -0.484 e. The fourth-order valence-corrected chi connectivity index (χ4v) is 0.587. The van der Waals surface area contributed by atoms with Crippen molar-refractivity contribution in [3.8, 4) is 0 Å². The molecule has 0 heterocycles. The molecule has 0 aliphatic heterocycles. The summed E-state index contributed by atoms with van der Waals surface area (Å²) in [6, 6.07) is 0.369.